The van der Waals surface area contributed by atoms with Crippen molar-refractivity contribution < 1.29 is 14.6 Å². The highest BCUT2D eigenvalue weighted by Gasteiger charge is 2.06. The van der Waals surface area contributed by atoms with Crippen molar-refractivity contribution in [3.63, 3.8) is 0 Å². The van der Waals surface area contributed by atoms with Crippen molar-refractivity contribution in [2.45, 2.75) is 6.92 Å². The lowest BCUT2D eigenvalue weighted by molar-refractivity contribution is 0.0955. The number of hydrogen-bond donors (Lipinski definition) is 2. The Labute approximate surface area is 136 Å². The maximum absolute atomic E-state index is 11.9. The number of amides is 1. The number of aromatic hydroxyl groups is 1. The summed E-state index contributed by atoms with van der Waals surface area (Å²) in [6.07, 6.45) is 1.37. The number of nitrogens with zero attached hydrogens (tertiary/aromatic N) is 1. The van der Waals surface area contributed by atoms with Crippen LogP contribution in [0.4, 0.5) is 0 Å². The fourth-order valence-electron chi connectivity index (χ4n) is 1.74. The van der Waals surface area contributed by atoms with E-state index in [-0.39, 0.29) is 11.7 Å². The summed E-state index contributed by atoms with van der Waals surface area (Å²) in [7, 11) is 0. The predicted molar refractivity (Wildman–Crippen MR) is 88.5 cm³/mol. The van der Waals surface area contributed by atoms with Crippen molar-refractivity contribution >= 4 is 28.1 Å². The molecule has 114 valence electrons. The highest BCUT2D eigenvalue weighted by Crippen LogP contribution is 2.28. The molecule has 1 amide bonds. The molecule has 0 saturated carbocycles. The first kappa shape index (κ1) is 16.0. The minimum atomic E-state index is -0.329. The van der Waals surface area contributed by atoms with Crippen LogP contribution in [0.2, 0.25) is 0 Å². The second kappa shape index (κ2) is 7.61. The highest BCUT2D eigenvalue weighted by atomic mass is 79.9. The molecule has 0 spiro atoms. The normalized spacial score (nSPS) is 10.6. The fraction of sp³-hybridized carbons (Fsp3) is 0.125. The van der Waals surface area contributed by atoms with E-state index in [1.54, 1.807) is 42.5 Å². The smallest absolute Gasteiger partial charge is 0.271 e. The summed E-state index contributed by atoms with van der Waals surface area (Å²) in [4.78, 5) is 11.9. The van der Waals surface area contributed by atoms with Gasteiger partial charge in [-0.25, -0.2) is 5.43 Å². The predicted octanol–water partition coefficient (Wildman–Crippen LogP) is 3.32. The molecule has 22 heavy (non-hydrogen) atoms. The average molecular weight is 363 g/mol. The Hall–Kier alpha value is -2.34. The zero-order valence-electron chi connectivity index (χ0n) is 11.9. The standard InChI is InChI=1S/C16H15BrN2O3/c1-2-22-14-5-3-4-12(15(14)20)10-18-19-16(21)11-6-8-13(17)9-7-11/h3-10,20H,2H2,1H3,(H,19,21)/b18-10-. The zero-order valence-corrected chi connectivity index (χ0v) is 13.5. The molecule has 5 nitrogen and oxygen atoms in total. The number of hydrazone groups is 1. The van der Waals surface area contributed by atoms with Gasteiger partial charge in [-0.3, -0.25) is 4.79 Å². The van der Waals surface area contributed by atoms with Crippen LogP contribution in [-0.4, -0.2) is 23.8 Å². The van der Waals surface area contributed by atoms with Crippen LogP contribution >= 0.6 is 15.9 Å². The van der Waals surface area contributed by atoms with Crippen LogP contribution < -0.4 is 10.2 Å². The van der Waals surface area contributed by atoms with E-state index >= 15 is 0 Å². The summed E-state index contributed by atoms with van der Waals surface area (Å²) in [6.45, 7) is 2.28. The SMILES string of the molecule is CCOc1cccc(/C=N\NC(=O)c2ccc(Br)cc2)c1O. The molecule has 0 heterocycles. The molecule has 0 atom stereocenters. The van der Waals surface area contributed by atoms with Gasteiger partial charge in [0.25, 0.3) is 5.91 Å². The Kier molecular flexibility index (Phi) is 5.55. The Morgan fingerprint density at radius 2 is 2.05 bits per heavy atom. The van der Waals surface area contributed by atoms with Gasteiger partial charge in [0.1, 0.15) is 0 Å². The van der Waals surface area contributed by atoms with Crippen molar-refractivity contribution in [1.82, 2.24) is 5.43 Å². The van der Waals surface area contributed by atoms with Crippen molar-refractivity contribution in [2.24, 2.45) is 5.10 Å². The minimum Gasteiger partial charge on any atom is -0.504 e. The third kappa shape index (κ3) is 4.08. The number of hydrogen-bond acceptors (Lipinski definition) is 4. The molecule has 0 aromatic heterocycles. The van der Waals surface area contributed by atoms with E-state index < -0.39 is 0 Å². The number of phenols is 1. The van der Waals surface area contributed by atoms with E-state index in [2.05, 4.69) is 26.5 Å². The Balaban J connectivity index is 2.05. The van der Waals surface area contributed by atoms with Crippen LogP contribution in [0.3, 0.4) is 0 Å². The largest absolute Gasteiger partial charge is 0.504 e. The number of halogens is 1. The molecule has 2 N–H and O–H groups in total. The van der Waals surface area contributed by atoms with E-state index in [0.717, 1.165) is 4.47 Å². The summed E-state index contributed by atoms with van der Waals surface area (Å²) in [5, 5.41) is 13.8. The fourth-order valence-corrected chi connectivity index (χ4v) is 2.01. The Morgan fingerprint density at radius 3 is 2.73 bits per heavy atom. The monoisotopic (exact) mass is 362 g/mol. The molecule has 2 rings (SSSR count). The molecule has 0 aliphatic heterocycles. The van der Waals surface area contributed by atoms with Crippen molar-refractivity contribution in [2.75, 3.05) is 6.61 Å². The topological polar surface area (TPSA) is 70.9 Å². The number of nitrogens with one attached hydrogen (secondary N) is 1. The molecule has 0 aliphatic rings. The number of rotatable bonds is 5. The van der Waals surface area contributed by atoms with Gasteiger partial charge in [-0.15, -0.1) is 0 Å². The third-order valence-electron chi connectivity index (χ3n) is 2.81. The molecule has 0 fully saturated rings. The van der Waals surface area contributed by atoms with Gasteiger partial charge in [0, 0.05) is 15.6 Å². The molecule has 0 bridgehead atoms. The van der Waals surface area contributed by atoms with E-state index in [0.29, 0.717) is 23.5 Å². The number of ether oxygens (including phenoxy) is 1. The second-order valence-electron chi connectivity index (χ2n) is 4.33. The molecular weight excluding hydrogens is 348 g/mol. The van der Waals surface area contributed by atoms with Gasteiger partial charge >= 0.3 is 0 Å². The molecule has 0 radical (unpaired) electrons. The lowest BCUT2D eigenvalue weighted by Gasteiger charge is -2.07. The van der Waals surface area contributed by atoms with E-state index in [9.17, 15) is 9.90 Å². The van der Waals surface area contributed by atoms with E-state index in [1.807, 2.05) is 6.92 Å². The maximum Gasteiger partial charge on any atom is 0.271 e. The highest BCUT2D eigenvalue weighted by molar-refractivity contribution is 9.10. The van der Waals surface area contributed by atoms with Gasteiger partial charge in [0.2, 0.25) is 0 Å². The molecule has 2 aromatic carbocycles. The average Bonchev–Trinajstić information content (AvgIpc) is 2.51. The van der Waals surface area contributed by atoms with Crippen LogP contribution in [0.15, 0.2) is 52.0 Å². The summed E-state index contributed by atoms with van der Waals surface area (Å²) in [6, 6.07) is 12.0. The first-order valence-corrected chi connectivity index (χ1v) is 7.45. The van der Waals surface area contributed by atoms with Crippen LogP contribution in [0.25, 0.3) is 0 Å². The second-order valence-corrected chi connectivity index (χ2v) is 5.25. The first-order chi connectivity index (χ1) is 10.6. The lowest BCUT2D eigenvalue weighted by Crippen LogP contribution is -2.17. The molecule has 0 saturated heterocycles. The van der Waals surface area contributed by atoms with Gasteiger partial charge in [0.05, 0.1) is 12.8 Å². The van der Waals surface area contributed by atoms with E-state index in [1.165, 1.54) is 6.21 Å². The zero-order chi connectivity index (χ0) is 15.9. The number of carbonyl (C=O) groups excluding carboxylic acids is 1. The number of para-hydroxylation sites is 1. The lowest BCUT2D eigenvalue weighted by atomic mass is 10.2. The van der Waals surface area contributed by atoms with Gasteiger partial charge in [-0.05, 0) is 43.3 Å². The van der Waals surface area contributed by atoms with E-state index in [4.69, 9.17) is 4.74 Å². The maximum atomic E-state index is 11.9. The van der Waals surface area contributed by atoms with Crippen LogP contribution in [-0.2, 0) is 0 Å². The number of benzene rings is 2. The Bertz CT molecular complexity index is 684. The van der Waals surface area contributed by atoms with Gasteiger partial charge < -0.3 is 9.84 Å². The van der Waals surface area contributed by atoms with Crippen molar-refractivity contribution in [1.29, 1.82) is 0 Å². The summed E-state index contributed by atoms with van der Waals surface area (Å²) in [5.74, 6) is 0.0425. The Morgan fingerprint density at radius 1 is 1.32 bits per heavy atom. The number of carbonyl (C=O) groups is 1. The molecular formula is C16H15BrN2O3. The van der Waals surface area contributed by atoms with Crippen LogP contribution in [0, 0.1) is 0 Å². The molecule has 2 aromatic rings. The minimum absolute atomic E-state index is 0.00834. The van der Waals surface area contributed by atoms with Gasteiger partial charge in [-0.1, -0.05) is 22.0 Å². The molecule has 0 aliphatic carbocycles. The van der Waals surface area contributed by atoms with Crippen LogP contribution in [0.1, 0.15) is 22.8 Å². The van der Waals surface area contributed by atoms with Crippen LogP contribution in [0.5, 0.6) is 11.5 Å². The summed E-state index contributed by atoms with van der Waals surface area (Å²) >= 11 is 3.30. The number of phenolic OH excluding ortho intramolecular Hbond substituents is 1. The van der Waals surface area contributed by atoms with Gasteiger partial charge in [0.15, 0.2) is 11.5 Å². The summed E-state index contributed by atoms with van der Waals surface area (Å²) in [5.41, 5.74) is 3.36. The van der Waals surface area contributed by atoms with Crippen molar-refractivity contribution in [3.05, 3.63) is 58.1 Å². The molecule has 6 heteroatoms. The molecule has 0 unspecified atom stereocenters. The third-order valence-corrected chi connectivity index (χ3v) is 3.33. The quantitative estimate of drug-likeness (QED) is 0.633. The first-order valence-electron chi connectivity index (χ1n) is 6.65. The van der Waals surface area contributed by atoms with Gasteiger partial charge in [-0.2, -0.15) is 5.10 Å². The van der Waals surface area contributed by atoms with Crippen molar-refractivity contribution in [3.8, 4) is 11.5 Å². The summed E-state index contributed by atoms with van der Waals surface area (Å²) < 4.78 is 6.18.